The molecule has 0 saturated carbocycles. The van der Waals surface area contributed by atoms with E-state index in [4.69, 9.17) is 4.98 Å². The average molecular weight is 472 g/mol. The lowest BCUT2D eigenvalue weighted by molar-refractivity contribution is 0.170. The molecule has 0 aliphatic carbocycles. The second-order valence-electron chi connectivity index (χ2n) is 10.2. The molecule has 5 heterocycles. The van der Waals surface area contributed by atoms with Gasteiger partial charge in [-0.25, -0.2) is 4.98 Å². The zero-order valence-corrected chi connectivity index (χ0v) is 21.6. The summed E-state index contributed by atoms with van der Waals surface area (Å²) in [6.07, 6.45) is 4.73. The summed E-state index contributed by atoms with van der Waals surface area (Å²) in [5.74, 6) is 0. The predicted molar refractivity (Wildman–Crippen MR) is 140 cm³/mol. The molecule has 3 aromatic rings. The molecular weight excluding hydrogens is 434 g/mol. The lowest BCUT2D eigenvalue weighted by Crippen LogP contribution is -2.33. The van der Waals surface area contributed by atoms with Gasteiger partial charge in [0.25, 0.3) is 0 Å². The van der Waals surface area contributed by atoms with Crippen LogP contribution in [0.5, 0.6) is 0 Å². The maximum atomic E-state index is 5.01. The largest absolute Gasteiger partial charge is 0.290 e. The number of rotatable bonds is 6. The monoisotopic (exact) mass is 471 g/mol. The fraction of sp³-hybridized carbons (Fsp3) is 0.464. The van der Waals surface area contributed by atoms with E-state index < -0.39 is 0 Å². The molecule has 35 heavy (non-hydrogen) atoms. The van der Waals surface area contributed by atoms with Gasteiger partial charge in [-0.15, -0.1) is 0 Å². The van der Waals surface area contributed by atoms with Crippen molar-refractivity contribution >= 4 is 0 Å². The highest BCUT2D eigenvalue weighted by molar-refractivity contribution is 5.64. The first kappa shape index (κ1) is 24.0. The van der Waals surface area contributed by atoms with E-state index in [0.717, 1.165) is 67.6 Å². The third kappa shape index (κ3) is 5.28. The van der Waals surface area contributed by atoms with Crippen LogP contribution >= 0.6 is 0 Å². The minimum absolute atomic E-state index is 0.456. The summed E-state index contributed by atoms with van der Waals surface area (Å²) >= 11 is 0. The summed E-state index contributed by atoms with van der Waals surface area (Å²) in [6.45, 7) is 12.9. The van der Waals surface area contributed by atoms with Crippen LogP contribution in [-0.4, -0.2) is 87.2 Å². The SMILES string of the molecule is Cc1cc(-c2cc(CN3CCN(C)C3C)ccn2)nc(-c2cc(CN3CCN(C)C3C)ccn2)c1. The first-order valence-corrected chi connectivity index (χ1v) is 12.7. The van der Waals surface area contributed by atoms with Gasteiger partial charge in [-0.3, -0.25) is 29.6 Å². The van der Waals surface area contributed by atoms with Gasteiger partial charge in [0.2, 0.25) is 0 Å². The topological polar surface area (TPSA) is 51.6 Å². The van der Waals surface area contributed by atoms with Crippen molar-refractivity contribution in [3.63, 3.8) is 0 Å². The summed E-state index contributed by atoms with van der Waals surface area (Å²) in [7, 11) is 4.38. The molecule has 0 N–H and O–H groups in total. The smallest absolute Gasteiger partial charge is 0.0897 e. The Labute approximate surface area is 209 Å². The highest BCUT2D eigenvalue weighted by Gasteiger charge is 2.26. The highest BCUT2D eigenvalue weighted by atomic mass is 15.4. The standard InChI is InChI=1S/C28H37N7/c1-20-14-27(25-16-23(6-8-29-25)18-34-12-10-32(4)21(34)2)31-28(15-20)26-17-24(7-9-30-26)19-35-13-11-33(5)22(35)3/h6-9,14-17,21-22H,10-13,18-19H2,1-5H3. The second kappa shape index (κ2) is 10.1. The molecule has 0 amide bonds. The molecule has 2 saturated heterocycles. The van der Waals surface area contributed by atoms with Crippen molar-refractivity contribution in [2.75, 3.05) is 40.3 Å². The van der Waals surface area contributed by atoms with Crippen LogP contribution in [0.1, 0.15) is 30.5 Å². The van der Waals surface area contributed by atoms with Crippen molar-refractivity contribution in [2.24, 2.45) is 0 Å². The Morgan fingerprint density at radius 2 is 1.14 bits per heavy atom. The molecule has 3 aromatic heterocycles. The van der Waals surface area contributed by atoms with Crippen LogP contribution in [-0.2, 0) is 13.1 Å². The third-order valence-electron chi connectivity index (χ3n) is 7.73. The number of aromatic nitrogens is 3. The Bertz CT molecular complexity index is 1090. The van der Waals surface area contributed by atoms with Crippen molar-refractivity contribution in [2.45, 2.75) is 46.2 Å². The van der Waals surface area contributed by atoms with E-state index in [0.29, 0.717) is 12.3 Å². The van der Waals surface area contributed by atoms with Gasteiger partial charge < -0.3 is 0 Å². The lowest BCUT2D eigenvalue weighted by atomic mass is 10.1. The number of aryl methyl sites for hydroxylation is 1. The van der Waals surface area contributed by atoms with Gasteiger partial charge in [0.1, 0.15) is 0 Å². The second-order valence-corrected chi connectivity index (χ2v) is 10.2. The van der Waals surface area contributed by atoms with Crippen LogP contribution < -0.4 is 0 Å². The van der Waals surface area contributed by atoms with Crippen molar-refractivity contribution in [3.05, 3.63) is 65.5 Å². The third-order valence-corrected chi connectivity index (χ3v) is 7.73. The normalized spacial score (nSPS) is 22.3. The molecule has 2 unspecified atom stereocenters. The first-order valence-electron chi connectivity index (χ1n) is 12.7. The van der Waals surface area contributed by atoms with E-state index in [-0.39, 0.29) is 0 Å². The fourth-order valence-corrected chi connectivity index (χ4v) is 5.12. The molecular formula is C28H37N7. The number of likely N-dealkylation sites (N-methyl/N-ethyl adjacent to an activating group) is 2. The van der Waals surface area contributed by atoms with Gasteiger partial charge in [0, 0.05) is 51.7 Å². The quantitative estimate of drug-likeness (QED) is 0.543. The van der Waals surface area contributed by atoms with Gasteiger partial charge in [0.05, 0.1) is 35.1 Å². The minimum atomic E-state index is 0.456. The maximum Gasteiger partial charge on any atom is 0.0897 e. The van der Waals surface area contributed by atoms with E-state index >= 15 is 0 Å². The molecule has 7 nitrogen and oxygen atoms in total. The molecule has 0 bridgehead atoms. The van der Waals surface area contributed by atoms with E-state index in [1.165, 1.54) is 11.1 Å². The number of nitrogens with zero attached hydrogens (tertiary/aromatic N) is 7. The van der Waals surface area contributed by atoms with Crippen LogP contribution in [0.4, 0.5) is 0 Å². The van der Waals surface area contributed by atoms with Gasteiger partial charge in [0.15, 0.2) is 0 Å². The first-order chi connectivity index (χ1) is 16.9. The summed E-state index contributed by atoms with van der Waals surface area (Å²) in [6, 6.07) is 12.8. The van der Waals surface area contributed by atoms with Gasteiger partial charge in [-0.1, -0.05) is 0 Å². The maximum absolute atomic E-state index is 5.01. The van der Waals surface area contributed by atoms with Crippen LogP contribution in [0.15, 0.2) is 48.8 Å². The molecule has 184 valence electrons. The summed E-state index contributed by atoms with van der Waals surface area (Å²) < 4.78 is 0. The molecule has 7 heteroatoms. The molecule has 2 aliphatic rings. The Morgan fingerprint density at radius 1 is 0.686 bits per heavy atom. The van der Waals surface area contributed by atoms with Crippen molar-refractivity contribution in [1.29, 1.82) is 0 Å². The predicted octanol–water partition coefficient (Wildman–Crippen LogP) is 3.70. The zero-order chi connectivity index (χ0) is 24.5. The summed E-state index contributed by atoms with van der Waals surface area (Å²) in [4.78, 5) is 24.1. The molecule has 5 rings (SSSR count). The lowest BCUT2D eigenvalue weighted by Gasteiger charge is -2.24. The Morgan fingerprint density at radius 3 is 1.54 bits per heavy atom. The van der Waals surface area contributed by atoms with Crippen molar-refractivity contribution in [3.8, 4) is 22.8 Å². The fourth-order valence-electron chi connectivity index (χ4n) is 5.12. The van der Waals surface area contributed by atoms with Crippen molar-refractivity contribution < 1.29 is 0 Å². The van der Waals surface area contributed by atoms with E-state index in [2.05, 4.69) is 101 Å². The number of hydrogen-bond acceptors (Lipinski definition) is 7. The van der Waals surface area contributed by atoms with Crippen LogP contribution in [0.2, 0.25) is 0 Å². The molecule has 0 aromatic carbocycles. The van der Waals surface area contributed by atoms with Crippen LogP contribution in [0.25, 0.3) is 22.8 Å². The molecule has 2 atom stereocenters. The Kier molecular flexibility index (Phi) is 6.93. The van der Waals surface area contributed by atoms with Gasteiger partial charge in [-0.05, 0) is 88.0 Å². The van der Waals surface area contributed by atoms with Gasteiger partial charge in [-0.2, -0.15) is 0 Å². The molecule has 0 spiro atoms. The van der Waals surface area contributed by atoms with E-state index in [1.807, 2.05) is 12.4 Å². The van der Waals surface area contributed by atoms with Crippen LogP contribution in [0.3, 0.4) is 0 Å². The Balaban J connectivity index is 1.38. The zero-order valence-electron chi connectivity index (χ0n) is 21.6. The molecule has 2 aliphatic heterocycles. The summed E-state index contributed by atoms with van der Waals surface area (Å²) in [5, 5.41) is 0. The van der Waals surface area contributed by atoms with Gasteiger partial charge >= 0.3 is 0 Å². The average Bonchev–Trinajstić information content (AvgIpc) is 3.34. The minimum Gasteiger partial charge on any atom is -0.290 e. The van der Waals surface area contributed by atoms with Crippen molar-refractivity contribution in [1.82, 2.24) is 34.6 Å². The van der Waals surface area contributed by atoms with Crippen LogP contribution in [0, 0.1) is 6.92 Å². The van der Waals surface area contributed by atoms with E-state index in [9.17, 15) is 0 Å². The molecule has 2 fully saturated rings. The summed E-state index contributed by atoms with van der Waals surface area (Å²) in [5.41, 5.74) is 7.33. The number of pyridine rings is 3. The Hall–Kier alpha value is -2.71. The number of hydrogen-bond donors (Lipinski definition) is 0. The van der Waals surface area contributed by atoms with E-state index in [1.54, 1.807) is 0 Å². The highest BCUT2D eigenvalue weighted by Crippen LogP contribution is 2.25. The molecule has 0 radical (unpaired) electrons.